The lowest BCUT2D eigenvalue weighted by atomic mass is 10.1. The fraction of sp³-hybridized carbons (Fsp3) is 0.500. The lowest BCUT2D eigenvalue weighted by molar-refractivity contribution is 0.0528. The number of hydrogen-bond donors (Lipinski definition) is 1. The Kier molecular flexibility index (Phi) is 5.74. The minimum atomic E-state index is -0.466. The maximum absolute atomic E-state index is 11.7. The van der Waals surface area contributed by atoms with Crippen molar-refractivity contribution >= 4 is 32.9 Å². The molecule has 1 heterocycles. The van der Waals surface area contributed by atoms with Crippen LogP contribution in [0.4, 0.5) is 4.79 Å². The zero-order chi connectivity index (χ0) is 17.0. The number of nitrogens with zero attached hydrogens (tertiary/aromatic N) is 1. The second-order valence-electron chi connectivity index (χ2n) is 6.69. The molecule has 23 heavy (non-hydrogen) atoms. The summed E-state index contributed by atoms with van der Waals surface area (Å²) in [5, 5.41) is 4.06. The average Bonchev–Trinajstić information content (AvgIpc) is 2.75. The van der Waals surface area contributed by atoms with Gasteiger partial charge in [0.25, 0.3) is 0 Å². The molecule has 2 aromatic rings. The van der Waals surface area contributed by atoms with Crippen molar-refractivity contribution in [3.05, 3.63) is 34.4 Å². The van der Waals surface area contributed by atoms with E-state index in [4.69, 9.17) is 4.74 Å². The van der Waals surface area contributed by atoms with Gasteiger partial charge in [0.05, 0.1) is 0 Å². The van der Waals surface area contributed by atoms with Crippen LogP contribution in [0.2, 0.25) is 0 Å². The predicted octanol–water partition coefficient (Wildman–Crippen LogP) is 4.88. The Hall–Kier alpha value is -1.49. The Morgan fingerprint density at radius 2 is 2.09 bits per heavy atom. The summed E-state index contributed by atoms with van der Waals surface area (Å²) in [4.78, 5) is 11.7. The SMILES string of the molecule is CCCn1cc(CCNC(=O)OC(C)(C)C)c2cc(Br)ccc21. The number of hydrogen-bond acceptors (Lipinski definition) is 2. The van der Waals surface area contributed by atoms with Gasteiger partial charge in [-0.3, -0.25) is 0 Å². The molecular formula is C18H25BrN2O2. The molecule has 0 saturated carbocycles. The van der Waals surface area contributed by atoms with Crippen LogP contribution in [-0.2, 0) is 17.7 Å². The fourth-order valence-electron chi connectivity index (χ4n) is 2.58. The lowest BCUT2D eigenvalue weighted by Gasteiger charge is -2.19. The number of alkyl carbamates (subject to hydrolysis) is 1. The predicted molar refractivity (Wildman–Crippen MR) is 97.9 cm³/mol. The molecule has 0 aliphatic carbocycles. The minimum absolute atomic E-state index is 0.365. The molecular weight excluding hydrogens is 356 g/mol. The van der Waals surface area contributed by atoms with Gasteiger partial charge in [-0.25, -0.2) is 4.79 Å². The maximum atomic E-state index is 11.7. The molecule has 0 fully saturated rings. The van der Waals surface area contributed by atoms with E-state index in [9.17, 15) is 4.79 Å². The Balaban J connectivity index is 2.08. The number of amides is 1. The van der Waals surface area contributed by atoms with Crippen LogP contribution in [0.3, 0.4) is 0 Å². The second-order valence-corrected chi connectivity index (χ2v) is 7.60. The summed E-state index contributed by atoms with van der Waals surface area (Å²) in [6, 6.07) is 6.35. The largest absolute Gasteiger partial charge is 0.444 e. The summed E-state index contributed by atoms with van der Waals surface area (Å²) >= 11 is 3.54. The summed E-state index contributed by atoms with van der Waals surface area (Å²) in [7, 11) is 0. The molecule has 0 unspecified atom stereocenters. The van der Waals surface area contributed by atoms with E-state index >= 15 is 0 Å². The van der Waals surface area contributed by atoms with Crippen molar-refractivity contribution in [1.29, 1.82) is 0 Å². The van der Waals surface area contributed by atoms with Gasteiger partial charge in [-0.05, 0) is 57.4 Å². The number of ether oxygens (including phenoxy) is 1. The van der Waals surface area contributed by atoms with E-state index in [1.807, 2.05) is 20.8 Å². The van der Waals surface area contributed by atoms with Gasteiger partial charge in [0, 0.05) is 34.7 Å². The third-order valence-electron chi connectivity index (χ3n) is 3.45. The minimum Gasteiger partial charge on any atom is -0.444 e. The molecule has 0 bridgehead atoms. The average molecular weight is 381 g/mol. The molecule has 0 spiro atoms. The first-order valence-electron chi connectivity index (χ1n) is 8.04. The third kappa shape index (κ3) is 4.99. The number of carbonyl (C=O) groups is 1. The Morgan fingerprint density at radius 1 is 1.35 bits per heavy atom. The molecule has 1 aromatic carbocycles. The van der Waals surface area contributed by atoms with E-state index in [1.54, 1.807) is 0 Å². The number of aryl methyl sites for hydroxylation is 1. The van der Waals surface area contributed by atoms with E-state index in [0.29, 0.717) is 6.54 Å². The normalized spacial score (nSPS) is 11.7. The highest BCUT2D eigenvalue weighted by molar-refractivity contribution is 9.10. The summed E-state index contributed by atoms with van der Waals surface area (Å²) in [5.41, 5.74) is 2.01. The summed E-state index contributed by atoms with van der Waals surface area (Å²) in [6.07, 6.45) is 3.70. The lowest BCUT2D eigenvalue weighted by Crippen LogP contribution is -2.33. The van der Waals surface area contributed by atoms with Crippen molar-refractivity contribution in [2.24, 2.45) is 0 Å². The molecule has 1 N–H and O–H groups in total. The summed E-state index contributed by atoms with van der Waals surface area (Å²) in [5.74, 6) is 0. The molecule has 0 radical (unpaired) electrons. The van der Waals surface area contributed by atoms with Crippen LogP contribution < -0.4 is 5.32 Å². The topological polar surface area (TPSA) is 43.3 Å². The third-order valence-corrected chi connectivity index (χ3v) is 3.95. The van der Waals surface area contributed by atoms with Crippen LogP contribution >= 0.6 is 15.9 Å². The molecule has 0 aliphatic heterocycles. The number of nitrogens with one attached hydrogen (secondary N) is 1. The number of halogens is 1. The first-order chi connectivity index (χ1) is 10.8. The second kappa shape index (κ2) is 7.39. The summed E-state index contributed by atoms with van der Waals surface area (Å²) < 4.78 is 8.62. The van der Waals surface area contributed by atoms with E-state index < -0.39 is 5.60 Å². The molecule has 1 amide bonds. The van der Waals surface area contributed by atoms with Crippen molar-refractivity contribution in [2.75, 3.05) is 6.54 Å². The molecule has 4 nitrogen and oxygen atoms in total. The monoisotopic (exact) mass is 380 g/mol. The number of aromatic nitrogens is 1. The standard InChI is InChI=1S/C18H25BrN2O2/c1-5-10-21-12-13(15-11-14(19)6-7-16(15)21)8-9-20-17(22)23-18(2,3)4/h6-7,11-12H,5,8-10H2,1-4H3,(H,20,22). The van der Waals surface area contributed by atoms with Crippen LogP contribution in [0.1, 0.15) is 39.7 Å². The first kappa shape index (κ1) is 17.9. The molecule has 0 aliphatic rings. The Morgan fingerprint density at radius 3 is 2.74 bits per heavy atom. The number of fused-ring (bicyclic) bond motifs is 1. The van der Waals surface area contributed by atoms with Crippen LogP contribution in [0, 0.1) is 0 Å². The highest BCUT2D eigenvalue weighted by atomic mass is 79.9. The van der Waals surface area contributed by atoms with Crippen LogP contribution in [-0.4, -0.2) is 22.8 Å². The Labute approximate surface area is 146 Å². The van der Waals surface area contributed by atoms with Gasteiger partial charge in [-0.15, -0.1) is 0 Å². The quantitative estimate of drug-likeness (QED) is 0.802. The van der Waals surface area contributed by atoms with Gasteiger partial charge in [0.2, 0.25) is 0 Å². The molecule has 5 heteroatoms. The van der Waals surface area contributed by atoms with Crippen molar-refractivity contribution in [1.82, 2.24) is 9.88 Å². The van der Waals surface area contributed by atoms with E-state index in [1.165, 1.54) is 16.5 Å². The zero-order valence-electron chi connectivity index (χ0n) is 14.3. The van der Waals surface area contributed by atoms with Crippen molar-refractivity contribution in [3.8, 4) is 0 Å². The van der Waals surface area contributed by atoms with Gasteiger partial charge >= 0.3 is 6.09 Å². The molecule has 0 atom stereocenters. The van der Waals surface area contributed by atoms with Gasteiger partial charge in [0.1, 0.15) is 5.60 Å². The smallest absolute Gasteiger partial charge is 0.407 e. The zero-order valence-corrected chi connectivity index (χ0v) is 15.9. The van der Waals surface area contributed by atoms with E-state index in [-0.39, 0.29) is 6.09 Å². The molecule has 2 rings (SSSR count). The molecule has 1 aromatic heterocycles. The molecule has 126 valence electrons. The van der Waals surface area contributed by atoms with Crippen molar-refractivity contribution < 1.29 is 9.53 Å². The van der Waals surface area contributed by atoms with Crippen LogP contribution in [0.5, 0.6) is 0 Å². The first-order valence-corrected chi connectivity index (χ1v) is 8.83. The van der Waals surface area contributed by atoms with Crippen LogP contribution in [0.25, 0.3) is 10.9 Å². The number of carbonyl (C=O) groups excluding carboxylic acids is 1. The number of benzene rings is 1. The Bertz CT molecular complexity index is 686. The number of rotatable bonds is 5. The van der Waals surface area contributed by atoms with Gasteiger partial charge in [-0.2, -0.15) is 0 Å². The maximum Gasteiger partial charge on any atom is 0.407 e. The van der Waals surface area contributed by atoms with Crippen molar-refractivity contribution in [3.63, 3.8) is 0 Å². The fourth-order valence-corrected chi connectivity index (χ4v) is 2.94. The highest BCUT2D eigenvalue weighted by Crippen LogP contribution is 2.26. The van der Waals surface area contributed by atoms with Crippen molar-refractivity contribution in [2.45, 2.75) is 52.7 Å². The summed E-state index contributed by atoms with van der Waals surface area (Å²) in [6.45, 7) is 9.33. The van der Waals surface area contributed by atoms with Gasteiger partial charge < -0.3 is 14.6 Å². The van der Waals surface area contributed by atoms with Gasteiger partial charge in [-0.1, -0.05) is 22.9 Å². The van der Waals surface area contributed by atoms with E-state index in [0.717, 1.165) is 23.9 Å². The highest BCUT2D eigenvalue weighted by Gasteiger charge is 2.16. The van der Waals surface area contributed by atoms with Gasteiger partial charge in [0.15, 0.2) is 0 Å². The molecule has 0 saturated heterocycles. The van der Waals surface area contributed by atoms with E-state index in [2.05, 4.69) is 57.1 Å². The van der Waals surface area contributed by atoms with Crippen LogP contribution in [0.15, 0.2) is 28.9 Å².